The van der Waals surface area contributed by atoms with Gasteiger partial charge in [0.15, 0.2) is 5.17 Å². The predicted molar refractivity (Wildman–Crippen MR) is 114 cm³/mol. The maximum absolute atomic E-state index is 12.5. The molecule has 1 aliphatic heterocycles. The predicted octanol–water partition coefficient (Wildman–Crippen LogP) is 4.59. The van der Waals surface area contributed by atoms with Gasteiger partial charge < -0.3 is 10.1 Å². The van der Waals surface area contributed by atoms with Crippen molar-refractivity contribution >= 4 is 63.3 Å². The summed E-state index contributed by atoms with van der Waals surface area (Å²) < 4.78 is 5.12. The molecule has 0 spiro atoms. The second-order valence-electron chi connectivity index (χ2n) is 6.01. The molecule has 1 saturated heterocycles. The number of amidine groups is 1. The Morgan fingerprint density at radius 3 is 2.46 bits per heavy atom. The zero-order chi connectivity index (χ0) is 20.3. The molecule has 0 bridgehead atoms. The Morgan fingerprint density at radius 2 is 1.86 bits per heavy atom. The van der Waals surface area contributed by atoms with Gasteiger partial charge in [-0.1, -0.05) is 35.0 Å². The number of carbonyl (C=O) groups is 2. The van der Waals surface area contributed by atoms with Gasteiger partial charge in [-0.2, -0.15) is 0 Å². The Hall–Kier alpha value is -2.22. The van der Waals surface area contributed by atoms with Crippen LogP contribution in [0.4, 0.5) is 11.4 Å². The number of halogens is 2. The molecule has 0 aromatic heterocycles. The third-order valence-corrected chi connectivity index (χ3v) is 5.62. The lowest BCUT2D eigenvalue weighted by atomic mass is 10.2. The van der Waals surface area contributed by atoms with Crippen LogP contribution in [0.1, 0.15) is 6.42 Å². The van der Waals surface area contributed by atoms with Gasteiger partial charge in [0, 0.05) is 29.2 Å². The van der Waals surface area contributed by atoms with Crippen LogP contribution in [0, 0.1) is 0 Å². The number of methoxy groups -OCH3 is 1. The molecule has 1 N–H and O–H groups in total. The summed E-state index contributed by atoms with van der Waals surface area (Å²) in [6.07, 6.45) is 0.0135. The number of benzene rings is 2. The molecular weight excluding hydrogens is 421 g/mol. The van der Waals surface area contributed by atoms with E-state index in [1.807, 2.05) is 0 Å². The van der Waals surface area contributed by atoms with Gasteiger partial charge in [0.05, 0.1) is 12.8 Å². The summed E-state index contributed by atoms with van der Waals surface area (Å²) >= 11 is 13.1. The van der Waals surface area contributed by atoms with Crippen molar-refractivity contribution in [3.8, 4) is 5.75 Å². The largest absolute Gasteiger partial charge is 0.497 e. The van der Waals surface area contributed by atoms with E-state index in [4.69, 9.17) is 27.9 Å². The number of carbonyl (C=O) groups excluding carboxylic acids is 2. The number of hydrogen-bond acceptors (Lipinski definition) is 5. The molecule has 6 nitrogen and oxygen atoms in total. The number of nitrogens with one attached hydrogen (secondary N) is 1. The molecule has 1 atom stereocenters. The summed E-state index contributed by atoms with van der Waals surface area (Å²) in [5.41, 5.74) is 1.18. The molecule has 2 amide bonds. The number of nitrogens with zero attached hydrogens (tertiary/aromatic N) is 2. The van der Waals surface area contributed by atoms with Gasteiger partial charge in [-0.3, -0.25) is 14.5 Å². The van der Waals surface area contributed by atoms with E-state index < -0.39 is 5.25 Å². The quantitative estimate of drug-likeness (QED) is 0.741. The third kappa shape index (κ3) is 4.98. The van der Waals surface area contributed by atoms with E-state index in [1.54, 1.807) is 56.6 Å². The first-order chi connectivity index (χ1) is 13.4. The molecule has 1 aliphatic rings. The van der Waals surface area contributed by atoms with E-state index in [2.05, 4.69) is 10.3 Å². The van der Waals surface area contributed by atoms with Crippen LogP contribution in [-0.2, 0) is 9.59 Å². The summed E-state index contributed by atoms with van der Waals surface area (Å²) in [6, 6.07) is 12.0. The van der Waals surface area contributed by atoms with Crippen molar-refractivity contribution < 1.29 is 14.3 Å². The summed E-state index contributed by atoms with van der Waals surface area (Å²) in [6.45, 7) is 0. The lowest BCUT2D eigenvalue weighted by Gasteiger charge is -2.10. The maximum atomic E-state index is 12.5. The minimum Gasteiger partial charge on any atom is -0.497 e. The molecule has 1 fully saturated rings. The standard InChI is InChI=1S/C19H17Cl2N3O3S/c1-24-18(26)16(10-17(25)22-14-8-11(20)7-12(21)9-14)28-19(24)23-13-3-5-15(27-2)6-4-13/h3-9,16H,10H2,1-2H3,(H,22,25)/t16-/m1/s1. The smallest absolute Gasteiger partial charge is 0.242 e. The Morgan fingerprint density at radius 1 is 1.21 bits per heavy atom. The van der Waals surface area contributed by atoms with Gasteiger partial charge in [0.25, 0.3) is 0 Å². The average molecular weight is 438 g/mol. The molecule has 1 heterocycles. The lowest BCUT2D eigenvalue weighted by molar-refractivity contribution is -0.127. The number of rotatable bonds is 5. The van der Waals surface area contributed by atoms with Crippen molar-refractivity contribution in [1.82, 2.24) is 4.90 Å². The SMILES string of the molecule is COc1ccc(N=C2S[C@H](CC(=O)Nc3cc(Cl)cc(Cl)c3)C(=O)N2C)cc1. The first kappa shape index (κ1) is 20.5. The van der Waals surface area contributed by atoms with E-state index in [0.717, 1.165) is 5.75 Å². The minimum atomic E-state index is -0.545. The number of ether oxygens (including phenoxy) is 1. The summed E-state index contributed by atoms with van der Waals surface area (Å²) in [5.74, 6) is 0.253. The van der Waals surface area contributed by atoms with Crippen LogP contribution in [0.25, 0.3) is 0 Å². The third-order valence-electron chi connectivity index (χ3n) is 3.95. The van der Waals surface area contributed by atoms with Crippen molar-refractivity contribution in [2.24, 2.45) is 4.99 Å². The fraction of sp³-hybridized carbons (Fsp3) is 0.211. The fourth-order valence-corrected chi connectivity index (χ4v) is 4.25. The van der Waals surface area contributed by atoms with E-state index in [0.29, 0.717) is 26.6 Å². The first-order valence-electron chi connectivity index (χ1n) is 8.28. The van der Waals surface area contributed by atoms with E-state index in [1.165, 1.54) is 16.7 Å². The molecule has 9 heteroatoms. The van der Waals surface area contributed by atoms with Crippen LogP contribution < -0.4 is 10.1 Å². The molecule has 3 rings (SSSR count). The molecule has 2 aromatic rings. The van der Waals surface area contributed by atoms with Gasteiger partial charge in [-0.05, 0) is 42.5 Å². The number of hydrogen-bond donors (Lipinski definition) is 1. The van der Waals surface area contributed by atoms with E-state index in [-0.39, 0.29) is 18.2 Å². The van der Waals surface area contributed by atoms with Crippen molar-refractivity contribution in [2.45, 2.75) is 11.7 Å². The summed E-state index contributed by atoms with van der Waals surface area (Å²) in [5, 5.41) is 3.55. The Kier molecular flexibility index (Phi) is 6.49. The Bertz CT molecular complexity index is 914. The van der Waals surface area contributed by atoms with Crippen LogP contribution in [0.2, 0.25) is 10.0 Å². The zero-order valence-corrected chi connectivity index (χ0v) is 17.4. The molecule has 0 saturated carbocycles. The van der Waals surface area contributed by atoms with Crippen LogP contribution in [-0.4, -0.2) is 41.3 Å². The van der Waals surface area contributed by atoms with E-state index in [9.17, 15) is 9.59 Å². The molecule has 146 valence electrons. The van der Waals surface area contributed by atoms with Crippen molar-refractivity contribution in [3.63, 3.8) is 0 Å². The number of thioether (sulfide) groups is 1. The lowest BCUT2D eigenvalue weighted by Crippen LogP contribution is -2.30. The normalized spacial score (nSPS) is 17.9. The highest BCUT2D eigenvalue weighted by Crippen LogP contribution is 2.31. The molecule has 0 unspecified atom stereocenters. The van der Waals surface area contributed by atoms with Crippen LogP contribution in [0.3, 0.4) is 0 Å². The monoisotopic (exact) mass is 437 g/mol. The highest BCUT2D eigenvalue weighted by Gasteiger charge is 2.37. The topological polar surface area (TPSA) is 71.0 Å². The van der Waals surface area contributed by atoms with Gasteiger partial charge in [0.1, 0.15) is 11.0 Å². The minimum absolute atomic E-state index is 0.0135. The second-order valence-corrected chi connectivity index (χ2v) is 8.05. The van der Waals surface area contributed by atoms with Crippen LogP contribution in [0.15, 0.2) is 47.5 Å². The van der Waals surface area contributed by atoms with Crippen molar-refractivity contribution in [2.75, 3.05) is 19.5 Å². The highest BCUT2D eigenvalue weighted by molar-refractivity contribution is 8.15. The van der Waals surface area contributed by atoms with Crippen LogP contribution >= 0.6 is 35.0 Å². The Labute approximate surface area is 176 Å². The second kappa shape index (κ2) is 8.86. The van der Waals surface area contributed by atoms with Crippen molar-refractivity contribution in [1.29, 1.82) is 0 Å². The molecule has 28 heavy (non-hydrogen) atoms. The molecule has 2 aromatic carbocycles. The zero-order valence-electron chi connectivity index (χ0n) is 15.1. The first-order valence-corrected chi connectivity index (χ1v) is 9.92. The summed E-state index contributed by atoms with van der Waals surface area (Å²) in [4.78, 5) is 30.8. The van der Waals surface area contributed by atoms with Gasteiger partial charge in [-0.15, -0.1) is 0 Å². The molecule has 0 radical (unpaired) electrons. The van der Waals surface area contributed by atoms with Gasteiger partial charge >= 0.3 is 0 Å². The van der Waals surface area contributed by atoms with Gasteiger partial charge in [-0.25, -0.2) is 4.99 Å². The van der Waals surface area contributed by atoms with Crippen LogP contribution in [0.5, 0.6) is 5.75 Å². The number of amides is 2. The number of aliphatic imine (C=N–C) groups is 1. The Balaban J connectivity index is 1.67. The number of anilines is 1. The average Bonchev–Trinajstić information content (AvgIpc) is 2.89. The fourth-order valence-electron chi connectivity index (χ4n) is 2.57. The van der Waals surface area contributed by atoms with Gasteiger partial charge in [0.2, 0.25) is 11.8 Å². The summed E-state index contributed by atoms with van der Waals surface area (Å²) in [7, 11) is 3.24. The van der Waals surface area contributed by atoms with E-state index >= 15 is 0 Å². The van der Waals surface area contributed by atoms with Crippen molar-refractivity contribution in [3.05, 3.63) is 52.5 Å². The molecular formula is C19H17Cl2N3O3S. The highest BCUT2D eigenvalue weighted by atomic mass is 35.5. The molecule has 0 aliphatic carbocycles. The maximum Gasteiger partial charge on any atom is 0.242 e.